The van der Waals surface area contributed by atoms with Crippen molar-refractivity contribution in [3.05, 3.63) is 51.4 Å². The van der Waals surface area contributed by atoms with Gasteiger partial charge in [-0.25, -0.2) is 0 Å². The third kappa shape index (κ3) is 3.63. The molecule has 0 aliphatic carbocycles. The van der Waals surface area contributed by atoms with E-state index in [1.807, 2.05) is 19.1 Å². The van der Waals surface area contributed by atoms with Crippen LogP contribution in [0, 0.1) is 13.8 Å². The van der Waals surface area contributed by atoms with E-state index in [1.54, 1.807) is 11.7 Å². The predicted molar refractivity (Wildman–Crippen MR) is 115 cm³/mol. The number of hydrogen-bond donors (Lipinski definition) is 2. The van der Waals surface area contributed by atoms with Crippen LogP contribution >= 0.6 is 0 Å². The number of fused-ring (bicyclic) bond motifs is 1. The van der Waals surface area contributed by atoms with Gasteiger partial charge >= 0.3 is 0 Å². The summed E-state index contributed by atoms with van der Waals surface area (Å²) in [6.07, 6.45) is 0. The number of nitrogens with zero attached hydrogens (tertiary/aromatic N) is 4. The first kappa shape index (κ1) is 19.2. The highest BCUT2D eigenvalue weighted by Crippen LogP contribution is 2.26. The highest BCUT2D eigenvalue weighted by Gasteiger charge is 2.19. The smallest absolute Gasteiger partial charge is 0.256 e. The van der Waals surface area contributed by atoms with Gasteiger partial charge in [0.25, 0.3) is 5.91 Å². The van der Waals surface area contributed by atoms with E-state index in [0.717, 1.165) is 31.7 Å². The first-order chi connectivity index (χ1) is 13.8. The monoisotopic (exact) mass is 394 g/mol. The molecule has 0 bridgehead atoms. The van der Waals surface area contributed by atoms with Gasteiger partial charge in [-0.05, 0) is 44.7 Å². The van der Waals surface area contributed by atoms with Crippen molar-refractivity contribution < 1.29 is 4.79 Å². The maximum atomic E-state index is 13.0. The second-order valence-electron chi connectivity index (χ2n) is 7.73. The van der Waals surface area contributed by atoms with E-state index in [1.165, 1.54) is 11.8 Å². The van der Waals surface area contributed by atoms with E-state index in [4.69, 9.17) is 0 Å². The second kappa shape index (κ2) is 7.36. The number of nitrogens with one attached hydrogen (secondary N) is 2. The molecule has 1 fully saturated rings. The average molecular weight is 394 g/mol. The van der Waals surface area contributed by atoms with Crippen molar-refractivity contribution in [3.63, 3.8) is 0 Å². The second-order valence-corrected chi connectivity index (χ2v) is 7.73. The Bertz CT molecular complexity index is 1140. The van der Waals surface area contributed by atoms with Gasteiger partial charge in [-0.1, -0.05) is 0 Å². The largest absolute Gasteiger partial charge is 0.369 e. The highest BCUT2D eigenvalue weighted by atomic mass is 16.2. The zero-order valence-corrected chi connectivity index (χ0v) is 17.2. The number of amides is 1. The van der Waals surface area contributed by atoms with Crippen molar-refractivity contribution in [2.24, 2.45) is 7.05 Å². The van der Waals surface area contributed by atoms with Crippen LogP contribution in [0.25, 0.3) is 11.0 Å². The fraction of sp³-hybridized carbons (Fsp3) is 0.381. The average Bonchev–Trinajstić information content (AvgIpc) is 2.96. The van der Waals surface area contributed by atoms with Crippen LogP contribution in [0.15, 0.2) is 29.1 Å². The Kier molecular flexibility index (Phi) is 4.87. The lowest BCUT2D eigenvalue weighted by molar-refractivity contribution is 0.102. The Balaban J connectivity index is 1.60. The standard InChI is InChI=1S/C21H26N6O2/c1-13-11-15(5-6-17(13)27-9-7-25(3)8-10-27)22-21(29)16-12-18(28)23-20-19(16)14(2)24-26(20)4/h5-6,11-12H,7-10H2,1-4H3,(H,22,29)(H,23,28). The molecule has 3 heterocycles. The molecule has 1 aliphatic heterocycles. The number of benzene rings is 1. The molecule has 1 saturated heterocycles. The molecule has 0 unspecified atom stereocenters. The quantitative estimate of drug-likeness (QED) is 0.708. The minimum atomic E-state index is -0.327. The van der Waals surface area contributed by atoms with Gasteiger partial charge in [-0.3, -0.25) is 14.3 Å². The maximum absolute atomic E-state index is 13.0. The zero-order chi connectivity index (χ0) is 20.7. The summed E-state index contributed by atoms with van der Waals surface area (Å²) in [6.45, 7) is 7.95. The SMILES string of the molecule is Cc1cc(NC(=O)c2cc(=O)[nH]c3c2c(C)nn3C)ccc1N1CCN(C)CC1. The molecule has 1 aliphatic rings. The number of piperazine rings is 1. The number of carbonyl (C=O) groups is 1. The topological polar surface area (TPSA) is 86.3 Å². The molecule has 29 heavy (non-hydrogen) atoms. The molecule has 8 heteroatoms. The van der Waals surface area contributed by atoms with Gasteiger partial charge in [0.05, 0.1) is 16.6 Å². The van der Waals surface area contributed by atoms with Gasteiger partial charge in [0.15, 0.2) is 0 Å². The molecule has 0 radical (unpaired) electrons. The summed E-state index contributed by atoms with van der Waals surface area (Å²) in [5.74, 6) is -0.316. The van der Waals surface area contributed by atoms with E-state index in [9.17, 15) is 9.59 Å². The molecule has 2 N–H and O–H groups in total. The fourth-order valence-electron chi connectivity index (χ4n) is 3.99. The van der Waals surface area contributed by atoms with Crippen LogP contribution in [0.1, 0.15) is 21.6 Å². The van der Waals surface area contributed by atoms with Crippen LogP contribution in [-0.2, 0) is 7.05 Å². The number of H-pyrrole nitrogens is 1. The summed E-state index contributed by atoms with van der Waals surface area (Å²) in [6, 6.07) is 7.28. The van der Waals surface area contributed by atoms with Gasteiger partial charge in [0.2, 0.25) is 5.56 Å². The molecule has 0 spiro atoms. The van der Waals surface area contributed by atoms with Crippen molar-refractivity contribution in [3.8, 4) is 0 Å². The third-order valence-electron chi connectivity index (χ3n) is 5.55. The third-order valence-corrected chi connectivity index (χ3v) is 5.55. The molecule has 0 saturated carbocycles. The van der Waals surface area contributed by atoms with Crippen molar-refractivity contribution in [2.45, 2.75) is 13.8 Å². The summed E-state index contributed by atoms with van der Waals surface area (Å²) in [4.78, 5) is 32.4. The zero-order valence-electron chi connectivity index (χ0n) is 17.2. The number of rotatable bonds is 3. The van der Waals surface area contributed by atoms with Crippen LogP contribution in [-0.4, -0.2) is 58.8 Å². The maximum Gasteiger partial charge on any atom is 0.256 e. The molecular weight excluding hydrogens is 368 g/mol. The molecule has 1 amide bonds. The fourth-order valence-corrected chi connectivity index (χ4v) is 3.99. The molecule has 0 atom stereocenters. The number of hydrogen-bond acceptors (Lipinski definition) is 5. The van der Waals surface area contributed by atoms with E-state index in [-0.39, 0.29) is 11.5 Å². The number of aromatic nitrogens is 3. The summed E-state index contributed by atoms with van der Waals surface area (Å²) >= 11 is 0. The molecule has 8 nitrogen and oxygen atoms in total. The number of aromatic amines is 1. The van der Waals surface area contributed by atoms with Crippen LogP contribution in [0.5, 0.6) is 0 Å². The van der Waals surface area contributed by atoms with E-state index >= 15 is 0 Å². The van der Waals surface area contributed by atoms with Crippen molar-refractivity contribution in [1.29, 1.82) is 0 Å². The van der Waals surface area contributed by atoms with E-state index in [2.05, 4.69) is 45.2 Å². The lowest BCUT2D eigenvalue weighted by Crippen LogP contribution is -2.44. The number of aryl methyl sites for hydroxylation is 3. The van der Waals surface area contributed by atoms with Gasteiger partial charge < -0.3 is 20.1 Å². The van der Waals surface area contributed by atoms with Gasteiger partial charge in [-0.15, -0.1) is 0 Å². The number of carbonyl (C=O) groups excluding carboxylic acids is 1. The molecule has 2 aromatic heterocycles. The normalized spacial score (nSPS) is 15.1. The summed E-state index contributed by atoms with van der Waals surface area (Å²) in [5.41, 5.74) is 4.26. The highest BCUT2D eigenvalue weighted by molar-refractivity contribution is 6.12. The van der Waals surface area contributed by atoms with Gasteiger partial charge in [0, 0.05) is 50.7 Å². The summed E-state index contributed by atoms with van der Waals surface area (Å²) < 4.78 is 1.58. The van der Waals surface area contributed by atoms with Gasteiger partial charge in [-0.2, -0.15) is 5.10 Å². The lowest BCUT2D eigenvalue weighted by Gasteiger charge is -2.35. The first-order valence-corrected chi connectivity index (χ1v) is 9.75. The van der Waals surface area contributed by atoms with E-state index < -0.39 is 0 Å². The minimum absolute atomic E-state index is 0.316. The molecule has 1 aromatic carbocycles. The molecular formula is C21H26N6O2. The first-order valence-electron chi connectivity index (χ1n) is 9.75. The van der Waals surface area contributed by atoms with E-state index in [0.29, 0.717) is 28.0 Å². The summed E-state index contributed by atoms with van der Waals surface area (Å²) in [5, 5.41) is 7.92. The Labute approximate surface area is 169 Å². The lowest BCUT2D eigenvalue weighted by atomic mass is 10.1. The van der Waals surface area contributed by atoms with Crippen LogP contribution in [0.4, 0.5) is 11.4 Å². The molecule has 3 aromatic rings. The van der Waals surface area contributed by atoms with Gasteiger partial charge in [0.1, 0.15) is 5.65 Å². The number of likely N-dealkylation sites (N-methyl/N-ethyl adjacent to an activating group) is 1. The minimum Gasteiger partial charge on any atom is -0.369 e. The van der Waals surface area contributed by atoms with Crippen LogP contribution < -0.4 is 15.8 Å². The van der Waals surface area contributed by atoms with Crippen LogP contribution in [0.2, 0.25) is 0 Å². The number of anilines is 2. The summed E-state index contributed by atoms with van der Waals surface area (Å²) in [7, 11) is 3.88. The number of pyridine rings is 1. The Morgan fingerprint density at radius 1 is 1.10 bits per heavy atom. The van der Waals surface area contributed by atoms with Crippen molar-refractivity contribution in [2.75, 3.05) is 43.4 Å². The van der Waals surface area contributed by atoms with Crippen LogP contribution in [0.3, 0.4) is 0 Å². The van der Waals surface area contributed by atoms with Crippen molar-refractivity contribution >= 4 is 28.3 Å². The Morgan fingerprint density at radius 3 is 2.52 bits per heavy atom. The Morgan fingerprint density at radius 2 is 1.83 bits per heavy atom. The molecule has 4 rings (SSSR count). The Hall–Kier alpha value is -3.13. The predicted octanol–water partition coefficient (Wildman–Crippen LogP) is 1.88. The molecule has 152 valence electrons. The van der Waals surface area contributed by atoms with Crippen molar-refractivity contribution in [1.82, 2.24) is 19.7 Å².